The summed E-state index contributed by atoms with van der Waals surface area (Å²) in [5, 5.41) is 0. The van der Waals surface area contributed by atoms with Crippen LogP contribution in [0.4, 0.5) is 0 Å². The summed E-state index contributed by atoms with van der Waals surface area (Å²) < 4.78 is 11.2. The van der Waals surface area contributed by atoms with Crippen molar-refractivity contribution in [3.05, 3.63) is 29.3 Å². The van der Waals surface area contributed by atoms with Gasteiger partial charge in [0.1, 0.15) is 5.75 Å². The fourth-order valence-corrected chi connectivity index (χ4v) is 2.36. The maximum atomic E-state index is 5.93. The van der Waals surface area contributed by atoms with E-state index in [0.29, 0.717) is 6.61 Å². The molecule has 1 aromatic carbocycles. The van der Waals surface area contributed by atoms with Crippen LogP contribution in [-0.2, 0) is 11.3 Å². The highest BCUT2D eigenvalue weighted by molar-refractivity contribution is 5.37. The van der Waals surface area contributed by atoms with Crippen LogP contribution in [0.5, 0.6) is 5.75 Å². The Hall–Kier alpha value is -1.06. The molecule has 1 unspecified atom stereocenters. The lowest BCUT2D eigenvalue weighted by atomic mass is 10.1. The molecule has 0 aliphatic rings. The van der Waals surface area contributed by atoms with Crippen molar-refractivity contribution >= 4 is 0 Å². The van der Waals surface area contributed by atoms with E-state index in [9.17, 15) is 0 Å². The molecular formula is C18H31NO2. The molecule has 0 bridgehead atoms. The number of methoxy groups -OCH3 is 1. The van der Waals surface area contributed by atoms with Crippen LogP contribution in [0.3, 0.4) is 0 Å². The zero-order chi connectivity index (χ0) is 15.5. The highest BCUT2D eigenvalue weighted by Gasteiger charge is 2.07. The molecule has 0 aliphatic carbocycles. The van der Waals surface area contributed by atoms with Crippen LogP contribution in [0.25, 0.3) is 0 Å². The van der Waals surface area contributed by atoms with Gasteiger partial charge in [0, 0.05) is 18.2 Å². The third-order valence-corrected chi connectivity index (χ3v) is 3.73. The van der Waals surface area contributed by atoms with Crippen LogP contribution in [0.15, 0.2) is 18.2 Å². The maximum Gasteiger partial charge on any atom is 0.124 e. The van der Waals surface area contributed by atoms with Crippen LogP contribution in [0.2, 0.25) is 0 Å². The second-order valence-corrected chi connectivity index (χ2v) is 5.68. The summed E-state index contributed by atoms with van der Waals surface area (Å²) in [6.07, 6.45) is 7.71. The molecule has 0 spiro atoms. The van der Waals surface area contributed by atoms with Gasteiger partial charge in [-0.3, -0.25) is 0 Å². The summed E-state index contributed by atoms with van der Waals surface area (Å²) in [6, 6.07) is 6.11. The number of hydrogen-bond donors (Lipinski definition) is 1. The minimum Gasteiger partial charge on any atom is -0.496 e. The summed E-state index contributed by atoms with van der Waals surface area (Å²) >= 11 is 0. The second-order valence-electron chi connectivity index (χ2n) is 5.68. The first-order valence-corrected chi connectivity index (χ1v) is 8.19. The summed E-state index contributed by atoms with van der Waals surface area (Å²) in [5.41, 5.74) is 8.13. The Morgan fingerprint density at radius 1 is 1.10 bits per heavy atom. The molecule has 0 saturated heterocycles. The molecule has 0 radical (unpaired) electrons. The zero-order valence-corrected chi connectivity index (χ0v) is 13.9. The van der Waals surface area contributed by atoms with Crippen LogP contribution >= 0.6 is 0 Å². The fourth-order valence-electron chi connectivity index (χ4n) is 2.36. The quantitative estimate of drug-likeness (QED) is 0.607. The number of rotatable bonds is 11. The molecular weight excluding hydrogens is 262 g/mol. The SMILES string of the molecule is CCCCCCCCOCc1cc(C(C)N)ccc1OC. The fraction of sp³-hybridized carbons (Fsp3) is 0.667. The average molecular weight is 293 g/mol. The number of ether oxygens (including phenoxy) is 2. The lowest BCUT2D eigenvalue weighted by molar-refractivity contribution is 0.115. The Bertz CT molecular complexity index is 391. The zero-order valence-electron chi connectivity index (χ0n) is 13.9. The van der Waals surface area contributed by atoms with E-state index in [1.54, 1.807) is 7.11 Å². The molecule has 0 heterocycles. The van der Waals surface area contributed by atoms with Gasteiger partial charge in [-0.2, -0.15) is 0 Å². The standard InChI is InChI=1S/C18H31NO2/c1-4-5-6-7-8-9-12-21-14-17-13-16(15(2)19)10-11-18(17)20-3/h10-11,13,15H,4-9,12,14,19H2,1-3H3. The molecule has 1 aromatic rings. The van der Waals surface area contributed by atoms with Crippen LogP contribution in [0, 0.1) is 0 Å². The van der Waals surface area contributed by atoms with Crippen molar-refractivity contribution in [2.24, 2.45) is 5.73 Å². The van der Waals surface area contributed by atoms with Gasteiger partial charge in [-0.1, -0.05) is 45.1 Å². The minimum absolute atomic E-state index is 0.0354. The van der Waals surface area contributed by atoms with Gasteiger partial charge in [0.15, 0.2) is 0 Å². The first kappa shape index (κ1) is 18.0. The maximum absolute atomic E-state index is 5.93. The number of unbranched alkanes of at least 4 members (excludes halogenated alkanes) is 5. The molecule has 2 N–H and O–H groups in total. The highest BCUT2D eigenvalue weighted by atomic mass is 16.5. The Morgan fingerprint density at radius 2 is 1.81 bits per heavy atom. The monoisotopic (exact) mass is 293 g/mol. The van der Waals surface area contributed by atoms with Gasteiger partial charge in [0.25, 0.3) is 0 Å². The molecule has 0 aliphatic heterocycles. The van der Waals surface area contributed by atoms with Crippen molar-refractivity contribution in [3.8, 4) is 5.75 Å². The average Bonchev–Trinajstić information content (AvgIpc) is 2.49. The molecule has 1 atom stereocenters. The molecule has 21 heavy (non-hydrogen) atoms. The summed E-state index contributed by atoms with van der Waals surface area (Å²) in [7, 11) is 1.69. The van der Waals surface area contributed by atoms with E-state index in [4.69, 9.17) is 15.2 Å². The van der Waals surface area contributed by atoms with E-state index in [-0.39, 0.29) is 6.04 Å². The second kappa shape index (κ2) is 10.6. The van der Waals surface area contributed by atoms with E-state index in [0.717, 1.165) is 29.9 Å². The molecule has 0 saturated carbocycles. The Balaban J connectivity index is 2.32. The Labute approximate surface area is 129 Å². The third-order valence-electron chi connectivity index (χ3n) is 3.73. The Morgan fingerprint density at radius 3 is 2.48 bits per heavy atom. The van der Waals surface area contributed by atoms with E-state index in [1.165, 1.54) is 32.1 Å². The van der Waals surface area contributed by atoms with E-state index in [1.807, 2.05) is 19.1 Å². The topological polar surface area (TPSA) is 44.5 Å². The molecule has 120 valence electrons. The largest absolute Gasteiger partial charge is 0.496 e. The lowest BCUT2D eigenvalue weighted by Crippen LogP contribution is -2.06. The van der Waals surface area contributed by atoms with Gasteiger partial charge >= 0.3 is 0 Å². The summed E-state index contributed by atoms with van der Waals surface area (Å²) in [5.74, 6) is 0.877. The van der Waals surface area contributed by atoms with Crippen molar-refractivity contribution in [3.63, 3.8) is 0 Å². The van der Waals surface area contributed by atoms with Gasteiger partial charge in [0.2, 0.25) is 0 Å². The van der Waals surface area contributed by atoms with Gasteiger partial charge in [0.05, 0.1) is 13.7 Å². The highest BCUT2D eigenvalue weighted by Crippen LogP contribution is 2.23. The van der Waals surface area contributed by atoms with Crippen LogP contribution in [-0.4, -0.2) is 13.7 Å². The van der Waals surface area contributed by atoms with Crippen LogP contribution < -0.4 is 10.5 Å². The molecule has 3 heteroatoms. The lowest BCUT2D eigenvalue weighted by Gasteiger charge is -2.13. The predicted molar refractivity (Wildman–Crippen MR) is 88.6 cm³/mol. The first-order chi connectivity index (χ1) is 10.2. The molecule has 1 rings (SSSR count). The third kappa shape index (κ3) is 6.96. The number of hydrogen-bond acceptors (Lipinski definition) is 3. The number of nitrogens with two attached hydrogens (primary N) is 1. The first-order valence-electron chi connectivity index (χ1n) is 8.19. The predicted octanol–water partition coefficient (Wildman–Crippen LogP) is 4.59. The van der Waals surface area contributed by atoms with Crippen molar-refractivity contribution in [2.75, 3.05) is 13.7 Å². The Kier molecular flexibility index (Phi) is 9.11. The van der Waals surface area contributed by atoms with Gasteiger partial charge < -0.3 is 15.2 Å². The van der Waals surface area contributed by atoms with Crippen molar-refractivity contribution < 1.29 is 9.47 Å². The van der Waals surface area contributed by atoms with Crippen molar-refractivity contribution in [2.45, 2.75) is 65.0 Å². The van der Waals surface area contributed by atoms with Gasteiger partial charge in [-0.25, -0.2) is 0 Å². The molecule has 0 amide bonds. The van der Waals surface area contributed by atoms with Gasteiger partial charge in [-0.05, 0) is 31.0 Å². The smallest absolute Gasteiger partial charge is 0.124 e. The molecule has 0 aromatic heterocycles. The van der Waals surface area contributed by atoms with Gasteiger partial charge in [-0.15, -0.1) is 0 Å². The molecule has 0 fully saturated rings. The van der Waals surface area contributed by atoms with Crippen LogP contribution in [0.1, 0.15) is 69.5 Å². The van der Waals surface area contributed by atoms with Crippen molar-refractivity contribution in [1.82, 2.24) is 0 Å². The van der Waals surface area contributed by atoms with E-state index >= 15 is 0 Å². The summed E-state index contributed by atoms with van der Waals surface area (Å²) in [6.45, 7) is 5.64. The van der Waals surface area contributed by atoms with E-state index < -0.39 is 0 Å². The summed E-state index contributed by atoms with van der Waals surface area (Å²) in [4.78, 5) is 0. The van der Waals surface area contributed by atoms with Crippen molar-refractivity contribution in [1.29, 1.82) is 0 Å². The molecule has 3 nitrogen and oxygen atoms in total. The normalized spacial score (nSPS) is 12.4. The van der Waals surface area contributed by atoms with E-state index in [2.05, 4.69) is 13.0 Å². The number of benzene rings is 1. The minimum atomic E-state index is 0.0354.